The van der Waals surface area contributed by atoms with E-state index in [4.69, 9.17) is 0 Å². The van der Waals surface area contributed by atoms with Crippen LogP contribution in [0, 0.1) is 0 Å². The third kappa shape index (κ3) is 1.26. The number of nitrogens with zero attached hydrogens (tertiary/aromatic N) is 2. The molecule has 0 atom stereocenters. The first-order valence-electron chi connectivity index (χ1n) is 4.42. The number of fused-ring (bicyclic) bond motifs is 1. The van der Waals surface area contributed by atoms with Gasteiger partial charge >= 0.3 is 0 Å². The Balaban J connectivity index is 2.49. The van der Waals surface area contributed by atoms with Gasteiger partial charge in [0, 0.05) is 25.2 Å². The SMILES string of the molecule is O=c1ccnc2n1CCCCC2. The second-order valence-electron chi connectivity index (χ2n) is 3.16. The van der Waals surface area contributed by atoms with E-state index in [1.165, 1.54) is 12.5 Å². The summed E-state index contributed by atoms with van der Waals surface area (Å²) in [7, 11) is 0. The zero-order valence-electron chi connectivity index (χ0n) is 6.99. The lowest BCUT2D eigenvalue weighted by Gasteiger charge is -2.05. The van der Waals surface area contributed by atoms with Gasteiger partial charge in [0.05, 0.1) is 0 Å². The van der Waals surface area contributed by atoms with Crippen molar-refractivity contribution >= 4 is 0 Å². The Morgan fingerprint density at radius 1 is 1.33 bits per heavy atom. The van der Waals surface area contributed by atoms with Crippen LogP contribution in [0.2, 0.25) is 0 Å². The highest BCUT2D eigenvalue weighted by Gasteiger charge is 2.07. The Morgan fingerprint density at radius 2 is 2.25 bits per heavy atom. The summed E-state index contributed by atoms with van der Waals surface area (Å²) in [6.07, 6.45) is 6.05. The molecule has 0 aromatic carbocycles. The highest BCUT2D eigenvalue weighted by Crippen LogP contribution is 2.09. The zero-order valence-corrected chi connectivity index (χ0v) is 6.99. The van der Waals surface area contributed by atoms with Crippen molar-refractivity contribution in [2.75, 3.05) is 0 Å². The highest BCUT2D eigenvalue weighted by atomic mass is 16.1. The topological polar surface area (TPSA) is 34.9 Å². The van der Waals surface area contributed by atoms with Gasteiger partial charge in [-0.1, -0.05) is 6.42 Å². The molecule has 0 aliphatic carbocycles. The average Bonchev–Trinajstić information content (AvgIpc) is 2.30. The van der Waals surface area contributed by atoms with Crippen LogP contribution in [0.15, 0.2) is 17.1 Å². The van der Waals surface area contributed by atoms with E-state index in [2.05, 4.69) is 4.98 Å². The smallest absolute Gasteiger partial charge is 0.253 e. The van der Waals surface area contributed by atoms with Crippen LogP contribution in [-0.4, -0.2) is 9.55 Å². The van der Waals surface area contributed by atoms with Gasteiger partial charge in [-0.2, -0.15) is 0 Å². The molecule has 1 aromatic rings. The molecule has 2 rings (SSSR count). The summed E-state index contributed by atoms with van der Waals surface area (Å²) in [6, 6.07) is 1.54. The highest BCUT2D eigenvalue weighted by molar-refractivity contribution is 4.95. The second kappa shape index (κ2) is 3.09. The van der Waals surface area contributed by atoms with Crippen molar-refractivity contribution < 1.29 is 0 Å². The van der Waals surface area contributed by atoms with Crippen molar-refractivity contribution in [2.24, 2.45) is 0 Å². The minimum absolute atomic E-state index is 0.0990. The Bertz CT molecular complexity index is 330. The first-order valence-corrected chi connectivity index (χ1v) is 4.42. The molecule has 0 fully saturated rings. The van der Waals surface area contributed by atoms with Crippen molar-refractivity contribution in [2.45, 2.75) is 32.2 Å². The molecule has 2 heterocycles. The summed E-state index contributed by atoms with van der Waals surface area (Å²) in [4.78, 5) is 15.5. The van der Waals surface area contributed by atoms with Crippen LogP contribution in [0.25, 0.3) is 0 Å². The molecule has 3 nitrogen and oxygen atoms in total. The molecule has 0 amide bonds. The normalized spacial score (nSPS) is 16.7. The molecule has 3 heteroatoms. The Morgan fingerprint density at radius 3 is 3.17 bits per heavy atom. The minimum atomic E-state index is 0.0990. The van der Waals surface area contributed by atoms with Gasteiger partial charge in [-0.15, -0.1) is 0 Å². The molecule has 0 spiro atoms. The zero-order chi connectivity index (χ0) is 8.39. The van der Waals surface area contributed by atoms with Gasteiger partial charge in [-0.25, -0.2) is 4.98 Å². The minimum Gasteiger partial charge on any atom is -0.297 e. The summed E-state index contributed by atoms with van der Waals surface area (Å²) in [6.45, 7) is 0.849. The van der Waals surface area contributed by atoms with E-state index in [1.54, 1.807) is 10.8 Å². The van der Waals surface area contributed by atoms with Crippen molar-refractivity contribution in [3.05, 3.63) is 28.4 Å². The van der Waals surface area contributed by atoms with E-state index in [0.717, 1.165) is 31.6 Å². The predicted octanol–water partition coefficient (Wildman–Crippen LogP) is 0.970. The average molecular weight is 164 g/mol. The van der Waals surface area contributed by atoms with Crippen molar-refractivity contribution in [1.82, 2.24) is 9.55 Å². The monoisotopic (exact) mass is 164 g/mol. The first kappa shape index (κ1) is 7.53. The third-order valence-corrected chi connectivity index (χ3v) is 2.30. The fraction of sp³-hybridized carbons (Fsp3) is 0.556. The molecule has 64 valence electrons. The van der Waals surface area contributed by atoms with Crippen LogP contribution in [0.1, 0.15) is 25.1 Å². The van der Waals surface area contributed by atoms with Gasteiger partial charge in [0.1, 0.15) is 5.82 Å². The summed E-state index contributed by atoms with van der Waals surface area (Å²) >= 11 is 0. The van der Waals surface area contributed by atoms with Crippen LogP contribution in [0.3, 0.4) is 0 Å². The van der Waals surface area contributed by atoms with E-state index in [1.807, 2.05) is 0 Å². The third-order valence-electron chi connectivity index (χ3n) is 2.30. The lowest BCUT2D eigenvalue weighted by Crippen LogP contribution is -2.22. The molecule has 1 aliphatic rings. The standard InChI is InChI=1S/C9H12N2O/c12-9-5-6-10-8-4-2-1-3-7-11(8)9/h5-6H,1-4,7H2. The predicted molar refractivity (Wildman–Crippen MR) is 46.1 cm³/mol. The fourth-order valence-electron chi connectivity index (χ4n) is 1.64. The summed E-state index contributed by atoms with van der Waals surface area (Å²) < 4.78 is 1.80. The Kier molecular flexibility index (Phi) is 1.94. The van der Waals surface area contributed by atoms with Crippen molar-refractivity contribution in [3.63, 3.8) is 0 Å². The van der Waals surface area contributed by atoms with Crippen molar-refractivity contribution in [3.8, 4) is 0 Å². The van der Waals surface area contributed by atoms with Crippen LogP contribution in [0.5, 0.6) is 0 Å². The Labute approximate surface area is 71.1 Å². The molecule has 0 radical (unpaired) electrons. The van der Waals surface area contributed by atoms with Crippen LogP contribution in [0.4, 0.5) is 0 Å². The van der Waals surface area contributed by atoms with E-state index in [-0.39, 0.29) is 5.56 Å². The molecule has 0 saturated heterocycles. The molecule has 1 aliphatic heterocycles. The molecule has 0 bridgehead atoms. The van der Waals surface area contributed by atoms with Crippen molar-refractivity contribution in [1.29, 1.82) is 0 Å². The van der Waals surface area contributed by atoms with Crippen LogP contribution in [-0.2, 0) is 13.0 Å². The number of hydrogen-bond acceptors (Lipinski definition) is 2. The molecular formula is C9H12N2O. The first-order chi connectivity index (χ1) is 5.88. The molecule has 12 heavy (non-hydrogen) atoms. The lowest BCUT2D eigenvalue weighted by molar-refractivity contribution is 0.608. The van der Waals surface area contributed by atoms with E-state index >= 15 is 0 Å². The van der Waals surface area contributed by atoms with Gasteiger partial charge in [0.15, 0.2) is 0 Å². The maximum atomic E-state index is 11.3. The molecule has 0 N–H and O–H groups in total. The maximum absolute atomic E-state index is 11.3. The van der Waals surface area contributed by atoms with Gasteiger partial charge in [0.25, 0.3) is 5.56 Å². The fourth-order valence-corrected chi connectivity index (χ4v) is 1.64. The number of rotatable bonds is 0. The van der Waals surface area contributed by atoms with Crippen LogP contribution >= 0.6 is 0 Å². The molecule has 1 aromatic heterocycles. The second-order valence-corrected chi connectivity index (χ2v) is 3.16. The van der Waals surface area contributed by atoms with Gasteiger partial charge in [-0.3, -0.25) is 9.36 Å². The quantitative estimate of drug-likeness (QED) is 0.572. The molecule has 0 saturated carbocycles. The number of aromatic nitrogens is 2. The number of aryl methyl sites for hydroxylation is 1. The number of hydrogen-bond donors (Lipinski definition) is 0. The summed E-state index contributed by atoms with van der Waals surface area (Å²) in [5, 5.41) is 0. The van der Waals surface area contributed by atoms with Crippen LogP contribution < -0.4 is 5.56 Å². The van der Waals surface area contributed by atoms with E-state index in [0.29, 0.717) is 0 Å². The van der Waals surface area contributed by atoms with E-state index < -0.39 is 0 Å². The van der Waals surface area contributed by atoms with E-state index in [9.17, 15) is 4.79 Å². The largest absolute Gasteiger partial charge is 0.297 e. The Hall–Kier alpha value is -1.12. The van der Waals surface area contributed by atoms with Gasteiger partial charge in [0.2, 0.25) is 0 Å². The maximum Gasteiger partial charge on any atom is 0.253 e. The van der Waals surface area contributed by atoms with Gasteiger partial charge < -0.3 is 0 Å². The van der Waals surface area contributed by atoms with Gasteiger partial charge in [-0.05, 0) is 12.8 Å². The molecular weight excluding hydrogens is 152 g/mol. The molecule has 0 unspecified atom stereocenters. The lowest BCUT2D eigenvalue weighted by atomic mass is 10.2. The summed E-state index contributed by atoms with van der Waals surface area (Å²) in [5.74, 6) is 0.958. The summed E-state index contributed by atoms with van der Waals surface area (Å²) in [5.41, 5.74) is 0.0990.